The third-order valence-corrected chi connectivity index (χ3v) is 4.01. The van der Waals surface area contributed by atoms with E-state index in [1.807, 2.05) is 42.5 Å². The van der Waals surface area contributed by atoms with Crippen LogP contribution >= 0.6 is 0 Å². The number of rotatable bonds is 9. The molecule has 0 saturated heterocycles. The summed E-state index contributed by atoms with van der Waals surface area (Å²) in [5.74, 6) is 2.01. The molecule has 0 saturated carbocycles. The SMILES string of the molecule is CCC(C)NCc1cc(OC)c(OCc2ccccc2)c(OC)c1. The predicted octanol–water partition coefficient (Wildman–Crippen LogP) is 4.17. The summed E-state index contributed by atoms with van der Waals surface area (Å²) in [6.45, 7) is 5.57. The second-order valence-electron chi connectivity index (χ2n) is 5.79. The average molecular weight is 329 g/mol. The molecular formula is C20H27NO3. The van der Waals surface area contributed by atoms with Crippen LogP contribution in [0.4, 0.5) is 0 Å². The van der Waals surface area contributed by atoms with Gasteiger partial charge in [0.2, 0.25) is 5.75 Å². The second-order valence-corrected chi connectivity index (χ2v) is 5.79. The summed E-state index contributed by atoms with van der Waals surface area (Å²) in [4.78, 5) is 0. The van der Waals surface area contributed by atoms with Crippen LogP contribution in [0.15, 0.2) is 42.5 Å². The van der Waals surface area contributed by atoms with Crippen LogP contribution in [-0.4, -0.2) is 20.3 Å². The highest BCUT2D eigenvalue weighted by atomic mass is 16.5. The fourth-order valence-corrected chi connectivity index (χ4v) is 2.34. The summed E-state index contributed by atoms with van der Waals surface area (Å²) in [5.41, 5.74) is 2.21. The van der Waals surface area contributed by atoms with Crippen LogP contribution in [0.5, 0.6) is 17.2 Å². The van der Waals surface area contributed by atoms with Crippen molar-refractivity contribution in [3.63, 3.8) is 0 Å². The van der Waals surface area contributed by atoms with Gasteiger partial charge in [-0.2, -0.15) is 0 Å². The van der Waals surface area contributed by atoms with Crippen LogP contribution in [-0.2, 0) is 13.2 Å². The molecule has 0 aromatic heterocycles. The maximum Gasteiger partial charge on any atom is 0.203 e. The van der Waals surface area contributed by atoms with E-state index in [-0.39, 0.29) is 0 Å². The Morgan fingerprint density at radius 1 is 0.958 bits per heavy atom. The summed E-state index contributed by atoms with van der Waals surface area (Å²) in [6.07, 6.45) is 1.09. The predicted molar refractivity (Wildman–Crippen MR) is 96.9 cm³/mol. The Hall–Kier alpha value is -2.20. The van der Waals surface area contributed by atoms with Gasteiger partial charge in [-0.1, -0.05) is 37.3 Å². The zero-order valence-electron chi connectivity index (χ0n) is 15.0. The monoisotopic (exact) mass is 329 g/mol. The van der Waals surface area contributed by atoms with Crippen LogP contribution in [0.1, 0.15) is 31.4 Å². The minimum absolute atomic E-state index is 0.469. The highest BCUT2D eigenvalue weighted by Crippen LogP contribution is 2.39. The van der Waals surface area contributed by atoms with Gasteiger partial charge in [0.25, 0.3) is 0 Å². The summed E-state index contributed by atoms with van der Waals surface area (Å²) in [6, 6.07) is 14.5. The third kappa shape index (κ3) is 4.90. The number of hydrogen-bond acceptors (Lipinski definition) is 4. The molecule has 0 radical (unpaired) electrons. The van der Waals surface area contributed by atoms with Crippen molar-refractivity contribution < 1.29 is 14.2 Å². The van der Waals surface area contributed by atoms with Gasteiger partial charge in [0.05, 0.1) is 14.2 Å². The van der Waals surface area contributed by atoms with Gasteiger partial charge in [-0.3, -0.25) is 0 Å². The smallest absolute Gasteiger partial charge is 0.203 e. The first-order valence-electron chi connectivity index (χ1n) is 8.32. The van der Waals surface area contributed by atoms with Gasteiger partial charge in [-0.15, -0.1) is 0 Å². The lowest BCUT2D eigenvalue weighted by Crippen LogP contribution is -2.24. The molecule has 2 aromatic carbocycles. The quantitative estimate of drug-likeness (QED) is 0.749. The molecule has 0 aliphatic heterocycles. The zero-order chi connectivity index (χ0) is 17.4. The van der Waals surface area contributed by atoms with E-state index in [4.69, 9.17) is 14.2 Å². The van der Waals surface area contributed by atoms with E-state index < -0.39 is 0 Å². The molecule has 0 bridgehead atoms. The largest absolute Gasteiger partial charge is 0.493 e. The third-order valence-electron chi connectivity index (χ3n) is 4.01. The lowest BCUT2D eigenvalue weighted by molar-refractivity contribution is 0.265. The Balaban J connectivity index is 2.17. The van der Waals surface area contributed by atoms with E-state index in [0.717, 1.165) is 24.1 Å². The van der Waals surface area contributed by atoms with Crippen LogP contribution < -0.4 is 19.5 Å². The molecule has 130 valence electrons. The van der Waals surface area contributed by atoms with Crippen molar-refractivity contribution in [1.82, 2.24) is 5.32 Å². The maximum absolute atomic E-state index is 5.97. The first-order chi connectivity index (χ1) is 11.7. The van der Waals surface area contributed by atoms with E-state index in [2.05, 4.69) is 19.2 Å². The van der Waals surface area contributed by atoms with Gasteiger partial charge in [0.15, 0.2) is 11.5 Å². The summed E-state index contributed by atoms with van der Waals surface area (Å²) >= 11 is 0. The Kier molecular flexibility index (Phi) is 6.94. The molecule has 4 nitrogen and oxygen atoms in total. The number of hydrogen-bond donors (Lipinski definition) is 1. The fourth-order valence-electron chi connectivity index (χ4n) is 2.34. The van der Waals surface area contributed by atoms with Gasteiger partial charge < -0.3 is 19.5 Å². The first kappa shape index (κ1) is 18.1. The lowest BCUT2D eigenvalue weighted by Gasteiger charge is -2.17. The highest BCUT2D eigenvalue weighted by molar-refractivity contribution is 5.54. The van der Waals surface area contributed by atoms with Crippen molar-refractivity contribution in [3.8, 4) is 17.2 Å². The van der Waals surface area contributed by atoms with Crippen molar-refractivity contribution in [1.29, 1.82) is 0 Å². The van der Waals surface area contributed by atoms with E-state index in [0.29, 0.717) is 29.9 Å². The Bertz CT molecular complexity index is 603. The number of nitrogens with one attached hydrogen (secondary N) is 1. The minimum Gasteiger partial charge on any atom is -0.493 e. The van der Waals surface area contributed by atoms with E-state index >= 15 is 0 Å². The molecule has 2 rings (SSSR count). The standard InChI is InChI=1S/C20H27NO3/c1-5-15(2)21-13-17-11-18(22-3)20(19(12-17)23-4)24-14-16-9-7-6-8-10-16/h6-12,15,21H,5,13-14H2,1-4H3. The van der Waals surface area contributed by atoms with Gasteiger partial charge in [-0.25, -0.2) is 0 Å². The zero-order valence-corrected chi connectivity index (χ0v) is 15.0. The van der Waals surface area contributed by atoms with Gasteiger partial charge in [-0.05, 0) is 36.6 Å². The number of methoxy groups -OCH3 is 2. The molecule has 1 atom stereocenters. The molecule has 24 heavy (non-hydrogen) atoms. The van der Waals surface area contributed by atoms with Gasteiger partial charge in [0, 0.05) is 12.6 Å². The van der Waals surface area contributed by atoms with Crippen LogP contribution in [0.3, 0.4) is 0 Å². The normalized spacial score (nSPS) is 11.8. The topological polar surface area (TPSA) is 39.7 Å². The summed E-state index contributed by atoms with van der Waals surface area (Å²) in [5, 5.41) is 3.48. The van der Waals surface area contributed by atoms with E-state index in [1.165, 1.54) is 0 Å². The molecule has 0 amide bonds. The molecule has 1 unspecified atom stereocenters. The average Bonchev–Trinajstić information content (AvgIpc) is 2.64. The molecule has 4 heteroatoms. The van der Waals surface area contributed by atoms with Crippen LogP contribution in [0.25, 0.3) is 0 Å². The van der Waals surface area contributed by atoms with Crippen molar-refractivity contribution in [3.05, 3.63) is 53.6 Å². The van der Waals surface area contributed by atoms with Crippen molar-refractivity contribution in [2.45, 2.75) is 39.5 Å². The Morgan fingerprint density at radius 2 is 1.58 bits per heavy atom. The lowest BCUT2D eigenvalue weighted by atomic mass is 10.1. The summed E-state index contributed by atoms with van der Waals surface area (Å²) < 4.78 is 17.0. The number of ether oxygens (including phenoxy) is 3. The van der Waals surface area contributed by atoms with Crippen molar-refractivity contribution in [2.24, 2.45) is 0 Å². The molecule has 0 heterocycles. The minimum atomic E-state index is 0.469. The highest BCUT2D eigenvalue weighted by Gasteiger charge is 2.14. The van der Waals surface area contributed by atoms with Crippen molar-refractivity contribution in [2.75, 3.05) is 14.2 Å². The second kappa shape index (κ2) is 9.18. The van der Waals surface area contributed by atoms with E-state index in [9.17, 15) is 0 Å². The number of benzene rings is 2. The molecule has 2 aromatic rings. The summed E-state index contributed by atoms with van der Waals surface area (Å²) in [7, 11) is 3.30. The van der Waals surface area contributed by atoms with Crippen molar-refractivity contribution >= 4 is 0 Å². The van der Waals surface area contributed by atoms with Gasteiger partial charge >= 0.3 is 0 Å². The fraction of sp³-hybridized carbons (Fsp3) is 0.400. The molecule has 0 spiro atoms. The Labute approximate surface area is 144 Å². The Morgan fingerprint density at radius 3 is 2.12 bits per heavy atom. The molecular weight excluding hydrogens is 302 g/mol. The van der Waals surface area contributed by atoms with Crippen LogP contribution in [0, 0.1) is 0 Å². The van der Waals surface area contributed by atoms with E-state index in [1.54, 1.807) is 14.2 Å². The molecule has 1 N–H and O–H groups in total. The molecule has 0 aliphatic rings. The molecule has 0 fully saturated rings. The van der Waals surface area contributed by atoms with Crippen LogP contribution in [0.2, 0.25) is 0 Å². The van der Waals surface area contributed by atoms with Gasteiger partial charge in [0.1, 0.15) is 6.61 Å². The first-order valence-corrected chi connectivity index (χ1v) is 8.32. The maximum atomic E-state index is 5.97. The molecule has 0 aliphatic carbocycles.